The standard InChI is InChI=1S/C12H12N2O3/c1-17-9-5-2-4-8(10(9)12(15)16)11-13-6-3-7-14-11/h2-6H,7H2,1H3,(H,13,14)(H,15,16). The van der Waals surface area contributed by atoms with Crippen LogP contribution in [0.15, 0.2) is 35.5 Å². The first-order valence-electron chi connectivity index (χ1n) is 5.11. The molecule has 2 N–H and O–H groups in total. The lowest BCUT2D eigenvalue weighted by Gasteiger charge is -2.14. The zero-order chi connectivity index (χ0) is 12.3. The first-order chi connectivity index (χ1) is 8.24. The van der Waals surface area contributed by atoms with Gasteiger partial charge in [0.05, 0.1) is 7.11 Å². The van der Waals surface area contributed by atoms with E-state index in [1.807, 2.05) is 6.08 Å². The summed E-state index contributed by atoms with van der Waals surface area (Å²) in [5.74, 6) is -0.158. The van der Waals surface area contributed by atoms with Gasteiger partial charge >= 0.3 is 5.97 Å². The van der Waals surface area contributed by atoms with E-state index < -0.39 is 5.97 Å². The minimum absolute atomic E-state index is 0.122. The lowest BCUT2D eigenvalue weighted by atomic mass is 10.0. The van der Waals surface area contributed by atoms with E-state index in [9.17, 15) is 9.90 Å². The molecule has 17 heavy (non-hydrogen) atoms. The molecule has 0 saturated carbocycles. The van der Waals surface area contributed by atoms with Gasteiger partial charge in [0.1, 0.15) is 17.1 Å². The van der Waals surface area contributed by atoms with Crippen LogP contribution in [0, 0.1) is 0 Å². The fourth-order valence-corrected chi connectivity index (χ4v) is 1.67. The van der Waals surface area contributed by atoms with Crippen molar-refractivity contribution in [2.24, 2.45) is 4.99 Å². The van der Waals surface area contributed by atoms with Crippen molar-refractivity contribution >= 4 is 11.8 Å². The number of carboxylic acids is 1. The Morgan fingerprint density at radius 3 is 2.94 bits per heavy atom. The molecule has 0 fully saturated rings. The number of carbonyl (C=O) groups is 1. The van der Waals surface area contributed by atoms with Crippen LogP contribution in [0.4, 0.5) is 0 Å². The van der Waals surface area contributed by atoms with Crippen LogP contribution in [0.3, 0.4) is 0 Å². The molecule has 0 aromatic heterocycles. The number of ether oxygens (including phenoxy) is 1. The quantitative estimate of drug-likeness (QED) is 0.823. The normalized spacial score (nSPS) is 13.8. The van der Waals surface area contributed by atoms with E-state index in [1.54, 1.807) is 24.4 Å². The van der Waals surface area contributed by atoms with Crippen LogP contribution in [0.1, 0.15) is 15.9 Å². The number of methoxy groups -OCH3 is 1. The summed E-state index contributed by atoms with van der Waals surface area (Å²) in [4.78, 5) is 15.4. The Kier molecular flexibility index (Phi) is 3.09. The largest absolute Gasteiger partial charge is 0.496 e. The van der Waals surface area contributed by atoms with E-state index in [0.29, 0.717) is 23.7 Å². The van der Waals surface area contributed by atoms with Crippen molar-refractivity contribution in [1.82, 2.24) is 5.32 Å². The summed E-state index contributed by atoms with van der Waals surface area (Å²) >= 11 is 0. The van der Waals surface area contributed by atoms with Gasteiger partial charge in [0, 0.05) is 18.3 Å². The molecule has 2 rings (SSSR count). The number of hydrogen-bond acceptors (Lipinski definition) is 4. The molecule has 0 amide bonds. The van der Waals surface area contributed by atoms with E-state index in [0.717, 1.165) is 0 Å². The monoisotopic (exact) mass is 232 g/mol. The van der Waals surface area contributed by atoms with Gasteiger partial charge < -0.3 is 15.2 Å². The second-order valence-corrected chi connectivity index (χ2v) is 3.43. The molecule has 5 heteroatoms. The molecule has 1 heterocycles. The third kappa shape index (κ3) is 2.13. The second-order valence-electron chi connectivity index (χ2n) is 3.43. The zero-order valence-corrected chi connectivity index (χ0v) is 9.30. The number of amidine groups is 1. The van der Waals surface area contributed by atoms with Gasteiger partial charge in [-0.05, 0) is 12.1 Å². The molecule has 1 aromatic carbocycles. The molecule has 0 radical (unpaired) electrons. The van der Waals surface area contributed by atoms with Gasteiger partial charge in [0.15, 0.2) is 0 Å². The van der Waals surface area contributed by atoms with Gasteiger partial charge in [-0.3, -0.25) is 0 Å². The lowest BCUT2D eigenvalue weighted by Crippen LogP contribution is -2.28. The lowest BCUT2D eigenvalue weighted by molar-refractivity contribution is 0.0693. The van der Waals surface area contributed by atoms with Crippen molar-refractivity contribution in [3.05, 3.63) is 41.6 Å². The number of aromatic carboxylic acids is 1. The minimum atomic E-state index is -1.03. The molecule has 0 atom stereocenters. The fourth-order valence-electron chi connectivity index (χ4n) is 1.67. The van der Waals surface area contributed by atoms with Crippen molar-refractivity contribution in [3.8, 4) is 5.75 Å². The number of nitrogens with zero attached hydrogens (tertiary/aromatic N) is 1. The number of aliphatic imine (C=N–C) groups is 1. The Bertz CT molecular complexity index is 506. The summed E-state index contributed by atoms with van der Waals surface area (Å²) in [5.41, 5.74) is 0.651. The molecule has 5 nitrogen and oxygen atoms in total. The van der Waals surface area contributed by atoms with Crippen LogP contribution >= 0.6 is 0 Å². The van der Waals surface area contributed by atoms with Crippen molar-refractivity contribution in [1.29, 1.82) is 0 Å². The van der Waals surface area contributed by atoms with E-state index in [-0.39, 0.29) is 5.56 Å². The first kappa shape index (κ1) is 11.2. The van der Waals surface area contributed by atoms with Gasteiger partial charge in [0.25, 0.3) is 0 Å². The Balaban J connectivity index is 2.56. The van der Waals surface area contributed by atoms with Gasteiger partial charge in [-0.15, -0.1) is 0 Å². The van der Waals surface area contributed by atoms with Crippen LogP contribution < -0.4 is 10.1 Å². The molecule has 0 saturated heterocycles. The summed E-state index contributed by atoms with van der Waals surface area (Å²) in [6.07, 6.45) is 3.50. The second kappa shape index (κ2) is 4.69. The summed E-state index contributed by atoms with van der Waals surface area (Å²) in [6.45, 7) is 0.634. The summed E-state index contributed by atoms with van der Waals surface area (Å²) in [7, 11) is 1.45. The first-order valence-corrected chi connectivity index (χ1v) is 5.11. The highest BCUT2D eigenvalue weighted by Gasteiger charge is 2.19. The molecule has 0 spiro atoms. The minimum Gasteiger partial charge on any atom is -0.496 e. The number of rotatable bonds is 3. The SMILES string of the molecule is COc1cccc(C2=NC=CCN2)c1C(=O)O. The van der Waals surface area contributed by atoms with Gasteiger partial charge in [0.2, 0.25) is 0 Å². The van der Waals surface area contributed by atoms with Crippen LogP contribution in [-0.4, -0.2) is 30.6 Å². The zero-order valence-electron chi connectivity index (χ0n) is 9.30. The summed E-state index contributed by atoms with van der Waals surface area (Å²) in [6, 6.07) is 5.06. The van der Waals surface area contributed by atoms with Crippen molar-refractivity contribution in [3.63, 3.8) is 0 Å². The predicted molar refractivity (Wildman–Crippen MR) is 63.6 cm³/mol. The maximum Gasteiger partial charge on any atom is 0.340 e. The molecule has 1 aliphatic rings. The van der Waals surface area contributed by atoms with Crippen LogP contribution in [0.25, 0.3) is 0 Å². The van der Waals surface area contributed by atoms with Crippen molar-refractivity contribution < 1.29 is 14.6 Å². The molecule has 1 aromatic rings. The molecule has 0 aliphatic carbocycles. The highest BCUT2D eigenvalue weighted by Crippen LogP contribution is 2.22. The highest BCUT2D eigenvalue weighted by molar-refractivity contribution is 6.09. The Morgan fingerprint density at radius 2 is 2.35 bits per heavy atom. The Morgan fingerprint density at radius 1 is 1.53 bits per heavy atom. The molecular formula is C12H12N2O3. The van der Waals surface area contributed by atoms with Crippen LogP contribution in [0.2, 0.25) is 0 Å². The smallest absolute Gasteiger partial charge is 0.340 e. The summed E-state index contributed by atoms with van der Waals surface area (Å²) in [5, 5.41) is 12.3. The van der Waals surface area contributed by atoms with E-state index >= 15 is 0 Å². The predicted octanol–water partition coefficient (Wildman–Crippen LogP) is 1.26. The van der Waals surface area contributed by atoms with Crippen molar-refractivity contribution in [2.75, 3.05) is 13.7 Å². The highest BCUT2D eigenvalue weighted by atomic mass is 16.5. The van der Waals surface area contributed by atoms with Gasteiger partial charge in [-0.1, -0.05) is 12.1 Å². The third-order valence-corrected chi connectivity index (χ3v) is 2.41. The third-order valence-electron chi connectivity index (χ3n) is 2.41. The van der Waals surface area contributed by atoms with Gasteiger partial charge in [-0.25, -0.2) is 9.79 Å². The van der Waals surface area contributed by atoms with E-state index in [1.165, 1.54) is 7.11 Å². The Hall–Kier alpha value is -2.30. The number of benzene rings is 1. The number of nitrogens with one attached hydrogen (secondary N) is 1. The van der Waals surface area contributed by atoms with Crippen LogP contribution in [-0.2, 0) is 0 Å². The topological polar surface area (TPSA) is 70.9 Å². The van der Waals surface area contributed by atoms with E-state index in [2.05, 4.69) is 10.3 Å². The number of hydrogen-bond donors (Lipinski definition) is 2. The number of carboxylic acid groups (broad SMARTS) is 1. The fraction of sp³-hybridized carbons (Fsp3) is 0.167. The van der Waals surface area contributed by atoms with Crippen LogP contribution in [0.5, 0.6) is 5.75 Å². The maximum atomic E-state index is 11.3. The Labute approximate surface area is 98.4 Å². The average molecular weight is 232 g/mol. The molecular weight excluding hydrogens is 220 g/mol. The van der Waals surface area contributed by atoms with Gasteiger partial charge in [-0.2, -0.15) is 0 Å². The van der Waals surface area contributed by atoms with E-state index in [4.69, 9.17) is 4.74 Å². The molecule has 88 valence electrons. The van der Waals surface area contributed by atoms with Crippen molar-refractivity contribution in [2.45, 2.75) is 0 Å². The molecule has 0 unspecified atom stereocenters. The summed E-state index contributed by atoms with van der Waals surface area (Å²) < 4.78 is 5.06. The maximum absolute atomic E-state index is 11.3. The molecule has 1 aliphatic heterocycles. The molecule has 0 bridgehead atoms. The average Bonchev–Trinajstić information content (AvgIpc) is 2.38.